The minimum absolute atomic E-state index is 0.273. The smallest absolute Gasteiger partial charge is 0.409 e. The predicted molar refractivity (Wildman–Crippen MR) is 150 cm³/mol. The van der Waals surface area contributed by atoms with Crippen LogP contribution >= 0.6 is 23.1 Å². The number of aliphatic carboxylic acids is 1. The van der Waals surface area contributed by atoms with E-state index in [0.717, 1.165) is 44.7 Å². The van der Waals surface area contributed by atoms with Crippen molar-refractivity contribution in [1.29, 1.82) is 0 Å². The number of piperazine rings is 1. The van der Waals surface area contributed by atoms with E-state index in [2.05, 4.69) is 4.90 Å². The molecule has 1 saturated heterocycles. The van der Waals surface area contributed by atoms with Crippen molar-refractivity contribution in [3.63, 3.8) is 0 Å². The molecular weight excluding hydrogens is 541 g/mol. The Balaban J connectivity index is 1.47. The van der Waals surface area contributed by atoms with Crippen LogP contribution in [-0.2, 0) is 21.8 Å². The van der Waals surface area contributed by atoms with Gasteiger partial charge < -0.3 is 19.5 Å². The van der Waals surface area contributed by atoms with E-state index in [4.69, 9.17) is 19.6 Å². The Morgan fingerprint density at radius 1 is 1.15 bits per heavy atom. The summed E-state index contributed by atoms with van der Waals surface area (Å²) in [5.74, 6) is -0.0493. The lowest BCUT2D eigenvalue weighted by atomic mass is 10.2. The number of hydrogen-bond acceptors (Lipinski definition) is 8. The number of aromatic nitrogens is 1. The third-order valence-electron chi connectivity index (χ3n) is 6.31. The first-order valence-corrected chi connectivity index (χ1v) is 14.5. The highest BCUT2D eigenvalue weighted by Crippen LogP contribution is 2.35. The van der Waals surface area contributed by atoms with Crippen LogP contribution < -0.4 is 4.74 Å². The molecule has 0 aliphatic carbocycles. The molecule has 0 bridgehead atoms. The number of carboxylic acids is 1. The van der Waals surface area contributed by atoms with Gasteiger partial charge in [-0.15, -0.1) is 23.1 Å². The largest absolute Gasteiger partial charge is 0.479 e. The molecule has 1 aromatic heterocycles. The molecule has 1 fully saturated rings. The van der Waals surface area contributed by atoms with Gasteiger partial charge in [-0.3, -0.25) is 4.90 Å². The Labute approximate surface area is 235 Å². The maximum absolute atomic E-state index is 13.5. The lowest BCUT2D eigenvalue weighted by molar-refractivity contribution is -0.144. The number of carbonyl (C=O) groups excluding carboxylic acids is 1. The van der Waals surface area contributed by atoms with Crippen molar-refractivity contribution in [2.45, 2.75) is 44.1 Å². The number of thiazole rings is 1. The first kappa shape index (κ1) is 28.8. The van der Waals surface area contributed by atoms with Crippen LogP contribution in [0.2, 0.25) is 0 Å². The minimum Gasteiger partial charge on any atom is -0.479 e. The molecule has 0 saturated carbocycles. The number of rotatable bonds is 10. The van der Waals surface area contributed by atoms with Gasteiger partial charge in [-0.2, -0.15) is 0 Å². The normalized spacial score (nSPS) is 14.7. The molecule has 0 spiro atoms. The summed E-state index contributed by atoms with van der Waals surface area (Å²) in [4.78, 5) is 34.3. The SMILES string of the molecule is CCOC(=O)N1CCN(Cc2nc(-c3ccc(F)cc3)sc2CSc2ccc(OC(C)C(=O)O)c(C)c2)CC1. The van der Waals surface area contributed by atoms with Crippen molar-refractivity contribution in [3.05, 3.63) is 64.4 Å². The number of carboxylic acid groups (broad SMARTS) is 1. The van der Waals surface area contributed by atoms with E-state index in [9.17, 15) is 14.0 Å². The molecule has 208 valence electrons. The van der Waals surface area contributed by atoms with Crippen molar-refractivity contribution in [2.24, 2.45) is 0 Å². The van der Waals surface area contributed by atoms with Gasteiger partial charge in [0.25, 0.3) is 0 Å². The van der Waals surface area contributed by atoms with Gasteiger partial charge in [-0.1, -0.05) is 0 Å². The fraction of sp³-hybridized carbons (Fsp3) is 0.393. The Hall–Kier alpha value is -3.15. The third-order valence-corrected chi connectivity index (χ3v) is 8.66. The standard InChI is InChI=1S/C28H32FN3O5S2/c1-4-36-28(35)32-13-11-31(12-14-32)16-23-25(39-26(30-23)20-5-7-21(29)8-6-20)17-38-22-9-10-24(18(2)15-22)37-19(3)27(33)34/h5-10,15,19H,4,11-14,16-17H2,1-3H3,(H,33,34). The van der Waals surface area contributed by atoms with Crippen LogP contribution in [0.1, 0.15) is 30.0 Å². The first-order chi connectivity index (χ1) is 18.7. The van der Waals surface area contributed by atoms with Crippen molar-refractivity contribution >= 4 is 35.2 Å². The molecular formula is C28H32FN3O5S2. The lowest BCUT2D eigenvalue weighted by Gasteiger charge is -2.33. The van der Waals surface area contributed by atoms with Crippen molar-refractivity contribution in [2.75, 3.05) is 32.8 Å². The second-order valence-electron chi connectivity index (χ2n) is 9.17. The Morgan fingerprint density at radius 3 is 2.51 bits per heavy atom. The van der Waals surface area contributed by atoms with Crippen LogP contribution in [0.3, 0.4) is 0 Å². The second-order valence-corrected chi connectivity index (χ2v) is 11.3. The average Bonchev–Trinajstić information content (AvgIpc) is 3.32. The molecule has 1 amide bonds. The van der Waals surface area contributed by atoms with E-state index in [-0.39, 0.29) is 11.9 Å². The van der Waals surface area contributed by atoms with Crippen LogP contribution in [0, 0.1) is 12.7 Å². The highest BCUT2D eigenvalue weighted by atomic mass is 32.2. The molecule has 4 rings (SSSR count). The maximum atomic E-state index is 13.5. The summed E-state index contributed by atoms with van der Waals surface area (Å²) in [6.07, 6.45) is -1.20. The number of benzene rings is 2. The van der Waals surface area contributed by atoms with Crippen LogP contribution in [0.15, 0.2) is 47.4 Å². The van der Waals surface area contributed by atoms with Gasteiger partial charge in [0.15, 0.2) is 6.10 Å². The molecule has 3 aromatic rings. The van der Waals surface area contributed by atoms with Crippen LogP contribution in [0.5, 0.6) is 5.75 Å². The number of carbonyl (C=O) groups is 2. The molecule has 8 nitrogen and oxygen atoms in total. The zero-order valence-corrected chi connectivity index (χ0v) is 23.8. The van der Waals surface area contributed by atoms with Gasteiger partial charge in [0.2, 0.25) is 0 Å². The van der Waals surface area contributed by atoms with E-state index in [1.165, 1.54) is 19.1 Å². The summed E-state index contributed by atoms with van der Waals surface area (Å²) in [6.45, 7) is 8.88. The molecule has 1 N–H and O–H groups in total. The fourth-order valence-corrected chi connectivity index (χ4v) is 6.26. The Morgan fingerprint density at radius 2 is 1.87 bits per heavy atom. The summed E-state index contributed by atoms with van der Waals surface area (Å²) < 4.78 is 24.2. The zero-order valence-electron chi connectivity index (χ0n) is 22.2. The summed E-state index contributed by atoms with van der Waals surface area (Å²) in [5, 5.41) is 9.96. The Kier molecular flexibility index (Phi) is 9.82. The van der Waals surface area contributed by atoms with Gasteiger partial charge in [0.1, 0.15) is 16.6 Å². The summed E-state index contributed by atoms with van der Waals surface area (Å²) in [7, 11) is 0. The van der Waals surface area contributed by atoms with Crippen molar-refractivity contribution in [3.8, 4) is 16.3 Å². The maximum Gasteiger partial charge on any atom is 0.409 e. The number of thioether (sulfide) groups is 1. The van der Waals surface area contributed by atoms with Crippen molar-refractivity contribution < 1.29 is 28.6 Å². The highest BCUT2D eigenvalue weighted by Gasteiger charge is 2.24. The van der Waals surface area contributed by atoms with Crippen LogP contribution in [0.4, 0.5) is 9.18 Å². The summed E-state index contributed by atoms with van der Waals surface area (Å²) in [5.41, 5.74) is 2.71. The molecule has 0 radical (unpaired) electrons. The molecule has 2 aromatic carbocycles. The highest BCUT2D eigenvalue weighted by molar-refractivity contribution is 7.98. The molecule has 39 heavy (non-hydrogen) atoms. The molecule has 1 aliphatic rings. The number of halogens is 1. The number of aryl methyl sites for hydroxylation is 1. The van der Waals surface area contributed by atoms with Crippen LogP contribution in [0.25, 0.3) is 10.6 Å². The lowest BCUT2D eigenvalue weighted by Crippen LogP contribution is -2.48. The molecule has 1 aliphatic heterocycles. The number of ether oxygens (including phenoxy) is 2. The fourth-order valence-electron chi connectivity index (χ4n) is 4.08. The molecule has 2 heterocycles. The van der Waals surface area contributed by atoms with Gasteiger partial charge in [0.05, 0.1) is 12.3 Å². The monoisotopic (exact) mass is 573 g/mol. The molecule has 11 heteroatoms. The van der Waals surface area contributed by atoms with E-state index < -0.39 is 12.1 Å². The van der Waals surface area contributed by atoms with Gasteiger partial charge in [-0.25, -0.2) is 19.0 Å². The van der Waals surface area contributed by atoms with Crippen LogP contribution in [-0.4, -0.2) is 70.8 Å². The van der Waals surface area contributed by atoms with Gasteiger partial charge >= 0.3 is 12.1 Å². The summed E-state index contributed by atoms with van der Waals surface area (Å²) >= 11 is 3.27. The number of amides is 1. The van der Waals surface area contributed by atoms with E-state index in [1.54, 1.807) is 53.1 Å². The average molecular weight is 574 g/mol. The topological polar surface area (TPSA) is 92.2 Å². The molecule has 1 unspecified atom stereocenters. The van der Waals surface area contributed by atoms with E-state index in [1.807, 2.05) is 19.1 Å². The quantitative estimate of drug-likeness (QED) is 0.310. The molecule has 1 atom stereocenters. The summed E-state index contributed by atoms with van der Waals surface area (Å²) in [6, 6.07) is 12.1. The van der Waals surface area contributed by atoms with Gasteiger partial charge in [-0.05, 0) is 68.8 Å². The van der Waals surface area contributed by atoms with Gasteiger partial charge in [0, 0.05) is 53.8 Å². The zero-order chi connectivity index (χ0) is 27.9. The minimum atomic E-state index is -1.01. The third kappa shape index (κ3) is 7.71. The van der Waals surface area contributed by atoms with Crippen molar-refractivity contribution in [1.82, 2.24) is 14.8 Å². The first-order valence-electron chi connectivity index (χ1n) is 12.7. The predicted octanol–water partition coefficient (Wildman–Crippen LogP) is 5.68. The Bertz CT molecular complexity index is 1290. The second kappa shape index (κ2) is 13.3. The number of nitrogens with zero attached hydrogens (tertiary/aromatic N) is 3. The van der Waals surface area contributed by atoms with E-state index >= 15 is 0 Å². The number of hydrogen-bond donors (Lipinski definition) is 1. The van der Waals surface area contributed by atoms with E-state index in [0.29, 0.717) is 37.7 Å².